The van der Waals surface area contributed by atoms with Gasteiger partial charge in [-0.2, -0.15) is 0 Å². The molecule has 0 aliphatic rings. The van der Waals surface area contributed by atoms with Gasteiger partial charge in [0.25, 0.3) is 5.56 Å². The molecule has 0 radical (unpaired) electrons. The number of aromatic nitrogens is 2. The minimum Gasteiger partial charge on any atom is -0.313 e. The van der Waals surface area contributed by atoms with E-state index in [0.29, 0.717) is 6.29 Å². The van der Waals surface area contributed by atoms with Crippen LogP contribution in [-0.2, 0) is 4.79 Å². The van der Waals surface area contributed by atoms with E-state index in [1.165, 1.54) is 6.20 Å². The van der Waals surface area contributed by atoms with Crippen molar-refractivity contribution in [1.29, 1.82) is 0 Å². The zero-order valence-electron chi connectivity index (χ0n) is 6.59. The monoisotopic (exact) mass is 178 g/mol. The van der Waals surface area contributed by atoms with Gasteiger partial charge in [-0.15, -0.1) is 0 Å². The van der Waals surface area contributed by atoms with Crippen molar-refractivity contribution in [2.45, 2.75) is 6.42 Å². The Bertz CT molecular complexity index is 472. The molecule has 0 aliphatic carbocycles. The van der Waals surface area contributed by atoms with E-state index >= 15 is 0 Å². The van der Waals surface area contributed by atoms with Gasteiger partial charge in [0.2, 0.25) is 0 Å². The maximum atomic E-state index is 11.0. The Morgan fingerprint density at radius 2 is 2.23 bits per heavy atom. The number of H-pyrrole nitrogens is 2. The molecule has 1 heterocycles. The molecule has 0 unspecified atom stereocenters. The second-order valence-electron chi connectivity index (χ2n) is 2.16. The average Bonchev–Trinajstić information content (AvgIpc) is 2.09. The lowest BCUT2D eigenvalue weighted by Crippen LogP contribution is -2.23. The number of hydrogen-bond acceptors (Lipinski definition) is 3. The summed E-state index contributed by atoms with van der Waals surface area (Å²) in [5.74, 6) is 4.90. The van der Waals surface area contributed by atoms with Crippen LogP contribution in [0.5, 0.6) is 0 Å². The standard InChI is InChI=1S/C8H6N2O3/c11-4-2-1-3-6-5-9-8(13)10-7(6)12/h4-5H,2H2,(H2,9,10,12,13). The zero-order valence-corrected chi connectivity index (χ0v) is 6.59. The van der Waals surface area contributed by atoms with Gasteiger partial charge in [-0.25, -0.2) is 4.79 Å². The lowest BCUT2D eigenvalue weighted by atomic mass is 10.3. The van der Waals surface area contributed by atoms with Gasteiger partial charge in [0, 0.05) is 6.20 Å². The highest BCUT2D eigenvalue weighted by molar-refractivity contribution is 5.54. The molecule has 0 fully saturated rings. The molecule has 0 spiro atoms. The predicted octanol–water partition coefficient (Wildman–Crippen LogP) is -0.996. The van der Waals surface area contributed by atoms with E-state index in [1.54, 1.807) is 0 Å². The molecule has 1 rings (SSSR count). The predicted molar refractivity (Wildman–Crippen MR) is 45.2 cm³/mol. The summed E-state index contributed by atoms with van der Waals surface area (Å²) in [6, 6.07) is 0. The SMILES string of the molecule is O=CCC#Cc1c[nH]c(=O)[nH]c1=O. The second-order valence-corrected chi connectivity index (χ2v) is 2.16. The molecule has 2 N–H and O–H groups in total. The van der Waals surface area contributed by atoms with Crippen molar-refractivity contribution in [3.05, 3.63) is 32.6 Å². The Morgan fingerprint density at radius 3 is 2.85 bits per heavy atom. The lowest BCUT2D eigenvalue weighted by molar-refractivity contribution is -0.107. The first kappa shape index (κ1) is 9.00. The maximum absolute atomic E-state index is 11.0. The van der Waals surface area contributed by atoms with E-state index < -0.39 is 11.2 Å². The molecular formula is C8H6N2O3. The molecule has 5 heteroatoms. The number of carbonyl (C=O) groups is 1. The molecule has 0 saturated heterocycles. The van der Waals surface area contributed by atoms with E-state index in [-0.39, 0.29) is 12.0 Å². The first-order valence-electron chi connectivity index (χ1n) is 3.48. The van der Waals surface area contributed by atoms with Crippen molar-refractivity contribution in [2.24, 2.45) is 0 Å². The maximum Gasteiger partial charge on any atom is 0.325 e. The number of aldehydes is 1. The summed E-state index contributed by atoms with van der Waals surface area (Å²) < 4.78 is 0. The molecule has 1 aromatic rings. The van der Waals surface area contributed by atoms with Gasteiger partial charge in [0.05, 0.1) is 6.42 Å². The zero-order chi connectivity index (χ0) is 9.68. The lowest BCUT2D eigenvalue weighted by Gasteiger charge is -1.85. The average molecular weight is 178 g/mol. The molecule has 5 nitrogen and oxygen atoms in total. The van der Waals surface area contributed by atoms with Crippen LogP contribution in [0, 0.1) is 11.8 Å². The van der Waals surface area contributed by atoms with E-state index in [0.717, 1.165) is 0 Å². The Kier molecular flexibility index (Phi) is 2.82. The van der Waals surface area contributed by atoms with Crippen LogP contribution < -0.4 is 11.2 Å². The van der Waals surface area contributed by atoms with Gasteiger partial charge in [-0.05, 0) is 0 Å². The summed E-state index contributed by atoms with van der Waals surface area (Å²) in [4.78, 5) is 35.7. The van der Waals surface area contributed by atoms with Gasteiger partial charge in [-0.3, -0.25) is 9.78 Å². The molecule has 0 atom stereocenters. The largest absolute Gasteiger partial charge is 0.325 e. The smallest absolute Gasteiger partial charge is 0.313 e. The highest BCUT2D eigenvalue weighted by Crippen LogP contribution is 1.79. The van der Waals surface area contributed by atoms with Crippen LogP contribution in [0.3, 0.4) is 0 Å². The fraction of sp³-hybridized carbons (Fsp3) is 0.125. The summed E-state index contributed by atoms with van der Waals surface area (Å²) in [6.07, 6.45) is 1.91. The van der Waals surface area contributed by atoms with Crippen LogP contribution in [0.25, 0.3) is 0 Å². The third-order valence-corrected chi connectivity index (χ3v) is 1.23. The third kappa shape index (κ3) is 2.45. The van der Waals surface area contributed by atoms with Crippen molar-refractivity contribution < 1.29 is 4.79 Å². The van der Waals surface area contributed by atoms with E-state index in [4.69, 9.17) is 0 Å². The highest BCUT2D eigenvalue weighted by Gasteiger charge is 1.93. The summed E-state index contributed by atoms with van der Waals surface area (Å²) in [5, 5.41) is 0. The quantitative estimate of drug-likeness (QED) is 0.427. The van der Waals surface area contributed by atoms with Crippen LogP contribution >= 0.6 is 0 Å². The number of aromatic amines is 2. The van der Waals surface area contributed by atoms with Gasteiger partial charge in [0.1, 0.15) is 11.8 Å². The Labute approximate surface area is 72.8 Å². The summed E-state index contributed by atoms with van der Waals surface area (Å²) in [6.45, 7) is 0. The normalized spacial score (nSPS) is 8.62. The van der Waals surface area contributed by atoms with Crippen molar-refractivity contribution in [1.82, 2.24) is 9.97 Å². The highest BCUT2D eigenvalue weighted by atomic mass is 16.2. The third-order valence-electron chi connectivity index (χ3n) is 1.23. The van der Waals surface area contributed by atoms with Crippen molar-refractivity contribution in [3.63, 3.8) is 0 Å². The van der Waals surface area contributed by atoms with Crippen LogP contribution in [0.1, 0.15) is 12.0 Å². The van der Waals surface area contributed by atoms with E-state index in [1.807, 2.05) is 4.98 Å². The number of hydrogen-bond donors (Lipinski definition) is 2. The molecule has 0 amide bonds. The van der Waals surface area contributed by atoms with Gasteiger partial charge >= 0.3 is 5.69 Å². The topological polar surface area (TPSA) is 82.8 Å². The van der Waals surface area contributed by atoms with E-state index in [9.17, 15) is 14.4 Å². The summed E-state index contributed by atoms with van der Waals surface area (Å²) in [7, 11) is 0. The fourth-order valence-electron chi connectivity index (χ4n) is 0.691. The first-order chi connectivity index (χ1) is 6.24. The van der Waals surface area contributed by atoms with Crippen LogP contribution in [0.4, 0.5) is 0 Å². The van der Waals surface area contributed by atoms with Gasteiger partial charge in [-0.1, -0.05) is 11.8 Å². The summed E-state index contributed by atoms with van der Waals surface area (Å²) in [5.41, 5.74) is -0.991. The Hall–Kier alpha value is -2.09. The first-order valence-corrected chi connectivity index (χ1v) is 3.48. The van der Waals surface area contributed by atoms with Gasteiger partial charge in [0.15, 0.2) is 0 Å². The summed E-state index contributed by atoms with van der Waals surface area (Å²) >= 11 is 0. The number of carbonyl (C=O) groups excluding carboxylic acids is 1. The molecule has 0 bridgehead atoms. The Balaban J connectivity index is 3.05. The van der Waals surface area contributed by atoms with Gasteiger partial charge < -0.3 is 9.78 Å². The molecular weight excluding hydrogens is 172 g/mol. The van der Waals surface area contributed by atoms with Crippen molar-refractivity contribution in [2.75, 3.05) is 0 Å². The Morgan fingerprint density at radius 1 is 1.46 bits per heavy atom. The number of rotatable bonds is 1. The molecule has 0 aliphatic heterocycles. The van der Waals surface area contributed by atoms with Crippen LogP contribution in [-0.4, -0.2) is 16.3 Å². The molecule has 0 aromatic carbocycles. The van der Waals surface area contributed by atoms with Crippen molar-refractivity contribution in [3.8, 4) is 11.8 Å². The molecule has 66 valence electrons. The van der Waals surface area contributed by atoms with Crippen molar-refractivity contribution >= 4 is 6.29 Å². The number of nitrogens with one attached hydrogen (secondary N) is 2. The van der Waals surface area contributed by atoms with E-state index in [2.05, 4.69) is 16.8 Å². The molecule has 1 aromatic heterocycles. The van der Waals surface area contributed by atoms with Crippen LogP contribution in [0.2, 0.25) is 0 Å². The molecule has 0 saturated carbocycles. The second kappa shape index (κ2) is 4.07. The molecule has 13 heavy (non-hydrogen) atoms. The minimum atomic E-state index is -0.578. The minimum absolute atomic E-state index is 0.0680. The fourth-order valence-corrected chi connectivity index (χ4v) is 0.691. The van der Waals surface area contributed by atoms with Crippen LogP contribution in [0.15, 0.2) is 15.8 Å².